The molecule has 0 spiro atoms. The molecule has 21 heavy (non-hydrogen) atoms. The van der Waals surface area contributed by atoms with Crippen LogP contribution in [0.1, 0.15) is 26.5 Å². The van der Waals surface area contributed by atoms with Crippen molar-refractivity contribution in [3.8, 4) is 0 Å². The van der Waals surface area contributed by atoms with Crippen molar-refractivity contribution in [1.82, 2.24) is 0 Å². The molecule has 0 aliphatic rings. The van der Waals surface area contributed by atoms with Crippen molar-refractivity contribution in [3.05, 3.63) is 30.0 Å². The van der Waals surface area contributed by atoms with E-state index in [2.05, 4.69) is 51.3 Å². The third-order valence-corrected chi connectivity index (χ3v) is 9.01. The molecule has 0 atom stereocenters. The largest absolute Gasteiger partial charge is 0.461 e. The highest BCUT2D eigenvalue weighted by molar-refractivity contribution is 6.74. The molecule has 0 saturated carbocycles. The molecule has 1 aromatic heterocycles. The van der Waals surface area contributed by atoms with E-state index < -0.39 is 8.32 Å². The zero-order chi connectivity index (χ0) is 15.7. The highest BCUT2D eigenvalue weighted by Crippen LogP contribution is 2.36. The lowest BCUT2D eigenvalue weighted by molar-refractivity contribution is 0.283. The molecule has 0 aliphatic heterocycles. The van der Waals surface area contributed by atoms with Crippen LogP contribution in [0.15, 0.2) is 28.7 Å². The summed E-state index contributed by atoms with van der Waals surface area (Å²) in [7, 11) is 0.262. The summed E-state index contributed by atoms with van der Waals surface area (Å²) in [6, 6.07) is 8.27. The van der Waals surface area contributed by atoms with Crippen molar-refractivity contribution in [3.63, 3.8) is 0 Å². The van der Waals surface area contributed by atoms with Crippen LogP contribution in [0.25, 0.3) is 11.0 Å². The summed E-state index contributed by atoms with van der Waals surface area (Å²) in [5, 5.41) is 4.54. The Bertz CT molecular complexity index is 611. The number of rotatable bonds is 5. The van der Waals surface area contributed by atoms with Gasteiger partial charge in [-0.05, 0) is 42.4 Å². The molecule has 1 heterocycles. The average molecular weight is 305 g/mol. The monoisotopic (exact) mass is 305 g/mol. The molecule has 0 bridgehead atoms. The van der Waals surface area contributed by atoms with E-state index in [1.54, 1.807) is 0 Å². The second-order valence-corrected chi connectivity index (χ2v) is 11.9. The van der Waals surface area contributed by atoms with Crippen LogP contribution in [0, 0.1) is 0 Å². The number of anilines is 1. The lowest BCUT2D eigenvalue weighted by atomic mass is 10.2. The number of hydrogen-bond acceptors (Lipinski definition) is 3. The van der Waals surface area contributed by atoms with Gasteiger partial charge >= 0.3 is 0 Å². The van der Waals surface area contributed by atoms with Crippen LogP contribution in [0.3, 0.4) is 0 Å². The smallest absolute Gasteiger partial charge is 0.191 e. The quantitative estimate of drug-likeness (QED) is 0.786. The lowest BCUT2D eigenvalue weighted by Gasteiger charge is -2.36. The summed E-state index contributed by atoms with van der Waals surface area (Å²) in [6.07, 6.45) is 0.829. The van der Waals surface area contributed by atoms with Crippen LogP contribution in [0.2, 0.25) is 18.1 Å². The van der Waals surface area contributed by atoms with Gasteiger partial charge in [0.25, 0.3) is 0 Å². The van der Waals surface area contributed by atoms with Crippen molar-refractivity contribution >= 4 is 25.0 Å². The summed E-state index contributed by atoms with van der Waals surface area (Å²) in [4.78, 5) is 0. The zero-order valence-corrected chi connectivity index (χ0v) is 15.0. The van der Waals surface area contributed by atoms with E-state index in [0.717, 1.165) is 35.4 Å². The molecular weight excluding hydrogens is 278 g/mol. The molecule has 2 aromatic rings. The first kappa shape index (κ1) is 16.1. The summed E-state index contributed by atoms with van der Waals surface area (Å²) in [6.45, 7) is 12.1. The lowest BCUT2D eigenvalue weighted by Crippen LogP contribution is -2.41. The van der Waals surface area contributed by atoms with Gasteiger partial charge in [0.2, 0.25) is 0 Å². The Morgan fingerprint density at radius 3 is 2.52 bits per heavy atom. The van der Waals surface area contributed by atoms with Crippen molar-refractivity contribution in [2.24, 2.45) is 0 Å². The van der Waals surface area contributed by atoms with Crippen molar-refractivity contribution in [1.29, 1.82) is 0 Å². The minimum absolute atomic E-state index is 0.253. The normalized spacial score (nSPS) is 12.9. The van der Waals surface area contributed by atoms with Crippen LogP contribution in [-0.4, -0.2) is 22.0 Å². The van der Waals surface area contributed by atoms with E-state index in [-0.39, 0.29) is 5.04 Å². The Morgan fingerprint density at radius 1 is 1.19 bits per heavy atom. The first-order valence-corrected chi connectivity index (χ1v) is 10.5. The van der Waals surface area contributed by atoms with E-state index in [0.29, 0.717) is 0 Å². The Balaban J connectivity index is 2.01. The maximum atomic E-state index is 6.21. The third kappa shape index (κ3) is 3.69. The molecule has 0 fully saturated rings. The molecule has 0 amide bonds. The molecule has 3 nitrogen and oxygen atoms in total. The standard InChI is InChI=1S/C17H27NO2Si/c1-17(2,3)21(5,6)19-10-9-15-12-13-11-14(18-4)7-8-16(13)20-15/h7-8,11-12,18H,9-10H2,1-6H3. The van der Waals surface area contributed by atoms with Crippen LogP contribution in [0.4, 0.5) is 5.69 Å². The van der Waals surface area contributed by atoms with E-state index in [1.807, 2.05) is 19.2 Å². The zero-order valence-electron chi connectivity index (χ0n) is 14.0. The van der Waals surface area contributed by atoms with E-state index in [4.69, 9.17) is 8.84 Å². The summed E-state index contributed by atoms with van der Waals surface area (Å²) in [5.41, 5.74) is 2.05. The van der Waals surface area contributed by atoms with E-state index in [9.17, 15) is 0 Å². The molecule has 0 saturated heterocycles. The van der Waals surface area contributed by atoms with Gasteiger partial charge in [0.05, 0.1) is 0 Å². The van der Waals surface area contributed by atoms with Gasteiger partial charge in [-0.3, -0.25) is 0 Å². The van der Waals surface area contributed by atoms with Crippen molar-refractivity contribution < 1.29 is 8.84 Å². The van der Waals surface area contributed by atoms with Crippen LogP contribution < -0.4 is 5.32 Å². The van der Waals surface area contributed by atoms with Crippen molar-refractivity contribution in [2.45, 2.75) is 45.3 Å². The fraction of sp³-hybridized carbons (Fsp3) is 0.529. The van der Waals surface area contributed by atoms with Gasteiger partial charge in [-0.1, -0.05) is 20.8 Å². The Labute approximate surface area is 128 Å². The Kier molecular flexibility index (Phi) is 4.49. The maximum absolute atomic E-state index is 6.21. The van der Waals surface area contributed by atoms with Gasteiger partial charge in [0.15, 0.2) is 8.32 Å². The van der Waals surface area contributed by atoms with Crippen LogP contribution in [-0.2, 0) is 10.8 Å². The molecule has 0 radical (unpaired) electrons. The predicted molar refractivity (Wildman–Crippen MR) is 92.6 cm³/mol. The number of fused-ring (bicyclic) bond motifs is 1. The van der Waals surface area contributed by atoms with Gasteiger partial charge in [-0.25, -0.2) is 0 Å². The molecule has 2 rings (SSSR count). The summed E-state index contributed by atoms with van der Waals surface area (Å²) in [5.74, 6) is 0.997. The maximum Gasteiger partial charge on any atom is 0.191 e. The van der Waals surface area contributed by atoms with Gasteiger partial charge in [-0.15, -0.1) is 0 Å². The molecule has 1 N–H and O–H groups in total. The van der Waals surface area contributed by atoms with Gasteiger partial charge in [0.1, 0.15) is 11.3 Å². The van der Waals surface area contributed by atoms with E-state index >= 15 is 0 Å². The second-order valence-electron chi connectivity index (χ2n) is 7.07. The van der Waals surface area contributed by atoms with Gasteiger partial charge in [-0.2, -0.15) is 0 Å². The topological polar surface area (TPSA) is 34.4 Å². The molecule has 0 aliphatic carbocycles. The molecule has 4 heteroatoms. The molecule has 0 unspecified atom stereocenters. The second kappa shape index (κ2) is 5.85. The number of nitrogens with one attached hydrogen (secondary N) is 1. The first-order valence-electron chi connectivity index (χ1n) is 7.57. The molecular formula is C17H27NO2Si. The number of benzene rings is 1. The number of furan rings is 1. The average Bonchev–Trinajstić information content (AvgIpc) is 2.78. The van der Waals surface area contributed by atoms with Crippen molar-refractivity contribution in [2.75, 3.05) is 19.0 Å². The summed E-state index contributed by atoms with van der Waals surface area (Å²) < 4.78 is 12.1. The minimum atomic E-state index is -1.66. The highest BCUT2D eigenvalue weighted by Gasteiger charge is 2.36. The van der Waals surface area contributed by atoms with E-state index in [1.165, 1.54) is 0 Å². The van der Waals surface area contributed by atoms with Gasteiger partial charge < -0.3 is 14.2 Å². The first-order chi connectivity index (χ1) is 9.73. The minimum Gasteiger partial charge on any atom is -0.461 e. The fourth-order valence-electron chi connectivity index (χ4n) is 2.00. The summed E-state index contributed by atoms with van der Waals surface area (Å²) >= 11 is 0. The Morgan fingerprint density at radius 2 is 1.90 bits per heavy atom. The predicted octanol–water partition coefficient (Wildman–Crippen LogP) is 5.04. The molecule has 116 valence electrons. The fourth-order valence-corrected chi connectivity index (χ4v) is 3.05. The number of hydrogen-bond donors (Lipinski definition) is 1. The molecule has 1 aromatic carbocycles. The van der Waals surface area contributed by atoms with Crippen LogP contribution in [0.5, 0.6) is 0 Å². The van der Waals surface area contributed by atoms with Gasteiger partial charge in [0, 0.05) is 31.1 Å². The Hall–Kier alpha value is -1.26. The third-order valence-electron chi connectivity index (χ3n) is 4.47. The SMILES string of the molecule is CNc1ccc2oc(CCO[Si](C)(C)C(C)(C)C)cc2c1. The van der Waals surface area contributed by atoms with Crippen LogP contribution >= 0.6 is 0 Å². The highest BCUT2D eigenvalue weighted by atomic mass is 28.4.